The van der Waals surface area contributed by atoms with Crippen molar-refractivity contribution in [2.24, 2.45) is 0 Å². The standard InChI is InChI=1S/C13H10ClF2NS2/c1-18-13-4-2-8(14)6-11(13)17-19-12-5-3-9(15)7-10(12)16/h2-7,17H,1H3. The molecular formula is C13H10ClF2NS2. The molecule has 0 atom stereocenters. The molecule has 0 heterocycles. The second-order valence-electron chi connectivity index (χ2n) is 3.62. The van der Waals surface area contributed by atoms with Crippen molar-refractivity contribution in [2.45, 2.75) is 9.79 Å². The van der Waals surface area contributed by atoms with Crippen molar-refractivity contribution in [1.82, 2.24) is 0 Å². The number of thioether (sulfide) groups is 1. The van der Waals surface area contributed by atoms with E-state index in [9.17, 15) is 8.78 Å². The predicted molar refractivity (Wildman–Crippen MR) is 79.1 cm³/mol. The highest BCUT2D eigenvalue weighted by Crippen LogP contribution is 2.32. The Hall–Kier alpha value is -0.910. The maximum Gasteiger partial charge on any atom is 0.141 e. The fraction of sp³-hybridized carbons (Fsp3) is 0.0769. The van der Waals surface area contributed by atoms with Gasteiger partial charge < -0.3 is 4.72 Å². The topological polar surface area (TPSA) is 12.0 Å². The average Bonchev–Trinajstić information content (AvgIpc) is 2.38. The van der Waals surface area contributed by atoms with Crippen molar-refractivity contribution >= 4 is 41.0 Å². The van der Waals surface area contributed by atoms with Crippen LogP contribution in [0.3, 0.4) is 0 Å². The summed E-state index contributed by atoms with van der Waals surface area (Å²) in [5, 5.41) is 0.598. The number of nitrogens with one attached hydrogen (secondary N) is 1. The van der Waals surface area contributed by atoms with Crippen molar-refractivity contribution in [3.8, 4) is 0 Å². The predicted octanol–water partition coefficient (Wildman–Crippen LogP) is 5.46. The molecule has 2 rings (SSSR count). The molecule has 0 radical (unpaired) electrons. The normalized spacial score (nSPS) is 10.5. The molecule has 0 fully saturated rings. The molecule has 0 aliphatic heterocycles. The van der Waals surface area contributed by atoms with Crippen LogP contribution in [0.5, 0.6) is 0 Å². The van der Waals surface area contributed by atoms with Gasteiger partial charge in [0.05, 0.1) is 10.6 Å². The largest absolute Gasteiger partial charge is 0.324 e. The molecule has 0 saturated heterocycles. The lowest BCUT2D eigenvalue weighted by molar-refractivity contribution is 0.566. The van der Waals surface area contributed by atoms with Gasteiger partial charge in [-0.1, -0.05) is 11.6 Å². The molecular weight excluding hydrogens is 308 g/mol. The van der Waals surface area contributed by atoms with Crippen LogP contribution in [-0.2, 0) is 0 Å². The van der Waals surface area contributed by atoms with Crippen molar-refractivity contribution in [1.29, 1.82) is 0 Å². The first-order valence-corrected chi connectivity index (χ1v) is 7.73. The molecule has 0 bridgehead atoms. The molecule has 0 saturated carbocycles. The minimum Gasteiger partial charge on any atom is -0.324 e. The third kappa shape index (κ3) is 3.78. The molecule has 19 heavy (non-hydrogen) atoms. The van der Waals surface area contributed by atoms with Crippen LogP contribution >= 0.6 is 35.3 Å². The summed E-state index contributed by atoms with van der Waals surface area (Å²) in [4.78, 5) is 1.33. The van der Waals surface area contributed by atoms with Gasteiger partial charge >= 0.3 is 0 Å². The molecule has 2 aromatic carbocycles. The molecule has 0 aliphatic carbocycles. The minimum atomic E-state index is -0.592. The van der Waals surface area contributed by atoms with Gasteiger partial charge in [0, 0.05) is 16.0 Å². The summed E-state index contributed by atoms with van der Waals surface area (Å²) in [6, 6.07) is 8.92. The van der Waals surface area contributed by atoms with Crippen molar-refractivity contribution < 1.29 is 8.78 Å². The molecule has 6 heteroatoms. The van der Waals surface area contributed by atoms with Crippen LogP contribution in [0.25, 0.3) is 0 Å². The zero-order valence-electron chi connectivity index (χ0n) is 9.91. The van der Waals surface area contributed by atoms with Crippen molar-refractivity contribution in [3.05, 3.63) is 53.1 Å². The second-order valence-corrected chi connectivity index (χ2v) is 5.76. The highest BCUT2D eigenvalue weighted by molar-refractivity contribution is 8.01. The third-order valence-corrected chi connectivity index (χ3v) is 4.23. The van der Waals surface area contributed by atoms with Crippen LogP contribution in [0.2, 0.25) is 5.02 Å². The molecule has 0 spiro atoms. The van der Waals surface area contributed by atoms with E-state index in [0.29, 0.717) is 9.92 Å². The number of hydrogen-bond acceptors (Lipinski definition) is 3. The summed E-state index contributed by atoms with van der Waals surface area (Å²) in [6.45, 7) is 0. The molecule has 100 valence electrons. The van der Waals surface area contributed by atoms with Crippen molar-refractivity contribution in [2.75, 3.05) is 11.0 Å². The number of benzene rings is 2. The van der Waals surface area contributed by atoms with E-state index in [-0.39, 0.29) is 0 Å². The summed E-state index contributed by atoms with van der Waals surface area (Å²) in [5.74, 6) is -1.18. The zero-order valence-corrected chi connectivity index (χ0v) is 12.3. The Morgan fingerprint density at radius 1 is 1.05 bits per heavy atom. The summed E-state index contributed by atoms with van der Waals surface area (Å²) < 4.78 is 29.3. The Labute approximate surface area is 123 Å². The monoisotopic (exact) mass is 317 g/mol. The van der Waals surface area contributed by atoms with Gasteiger partial charge in [-0.2, -0.15) is 0 Å². The lowest BCUT2D eigenvalue weighted by atomic mass is 10.3. The van der Waals surface area contributed by atoms with Crippen LogP contribution in [0, 0.1) is 11.6 Å². The maximum absolute atomic E-state index is 13.5. The number of rotatable bonds is 4. The number of halogens is 3. The van der Waals surface area contributed by atoms with Crippen LogP contribution in [0.15, 0.2) is 46.2 Å². The Kier molecular flexibility index (Phi) is 4.96. The van der Waals surface area contributed by atoms with E-state index in [4.69, 9.17) is 11.6 Å². The zero-order chi connectivity index (χ0) is 13.8. The average molecular weight is 318 g/mol. The fourth-order valence-electron chi connectivity index (χ4n) is 1.43. The van der Waals surface area contributed by atoms with E-state index >= 15 is 0 Å². The van der Waals surface area contributed by atoms with Crippen molar-refractivity contribution in [3.63, 3.8) is 0 Å². The lowest BCUT2D eigenvalue weighted by Gasteiger charge is -2.10. The van der Waals surface area contributed by atoms with E-state index < -0.39 is 11.6 Å². The van der Waals surface area contributed by atoms with E-state index in [0.717, 1.165) is 28.6 Å². The van der Waals surface area contributed by atoms with Crippen LogP contribution in [0.1, 0.15) is 0 Å². The van der Waals surface area contributed by atoms with E-state index in [2.05, 4.69) is 4.72 Å². The first kappa shape index (κ1) is 14.5. The van der Waals surface area contributed by atoms with Gasteiger partial charge in [-0.05, 0) is 48.5 Å². The van der Waals surface area contributed by atoms with Crippen LogP contribution in [0.4, 0.5) is 14.5 Å². The molecule has 0 amide bonds. The first-order valence-electron chi connectivity index (χ1n) is 5.31. The third-order valence-electron chi connectivity index (χ3n) is 2.33. The summed E-state index contributed by atoms with van der Waals surface area (Å²) >= 11 is 8.57. The van der Waals surface area contributed by atoms with E-state index in [1.54, 1.807) is 23.9 Å². The molecule has 1 N–H and O–H groups in total. The Balaban J connectivity index is 2.16. The van der Waals surface area contributed by atoms with Gasteiger partial charge in [0.25, 0.3) is 0 Å². The SMILES string of the molecule is CSc1ccc(Cl)cc1NSc1ccc(F)cc1F. The van der Waals surface area contributed by atoms with Gasteiger partial charge in [0.2, 0.25) is 0 Å². The highest BCUT2D eigenvalue weighted by atomic mass is 35.5. The van der Waals surface area contributed by atoms with Gasteiger partial charge in [0.15, 0.2) is 0 Å². The quantitative estimate of drug-likeness (QED) is 0.594. The van der Waals surface area contributed by atoms with Crippen LogP contribution < -0.4 is 4.72 Å². The lowest BCUT2D eigenvalue weighted by Crippen LogP contribution is -1.92. The number of hydrogen-bond donors (Lipinski definition) is 1. The molecule has 1 nitrogen and oxygen atoms in total. The smallest absolute Gasteiger partial charge is 0.141 e. The molecule has 0 aliphatic rings. The molecule has 0 aromatic heterocycles. The van der Waals surface area contributed by atoms with E-state index in [1.807, 2.05) is 12.3 Å². The van der Waals surface area contributed by atoms with Gasteiger partial charge in [-0.3, -0.25) is 0 Å². The van der Waals surface area contributed by atoms with Gasteiger partial charge in [0.1, 0.15) is 11.6 Å². The Bertz CT molecular complexity index is 593. The van der Waals surface area contributed by atoms with Crippen LogP contribution in [-0.4, -0.2) is 6.26 Å². The highest BCUT2D eigenvalue weighted by Gasteiger charge is 2.07. The summed E-state index contributed by atoms with van der Waals surface area (Å²) in [5.41, 5.74) is 0.800. The van der Waals surface area contributed by atoms with E-state index in [1.165, 1.54) is 12.1 Å². The summed E-state index contributed by atoms with van der Waals surface area (Å²) in [6.07, 6.45) is 1.94. The molecule has 2 aromatic rings. The van der Waals surface area contributed by atoms with Gasteiger partial charge in [-0.15, -0.1) is 11.8 Å². The first-order chi connectivity index (χ1) is 9.10. The minimum absolute atomic E-state index is 0.327. The number of anilines is 1. The Morgan fingerprint density at radius 2 is 1.79 bits per heavy atom. The summed E-state index contributed by atoms with van der Waals surface area (Å²) in [7, 11) is 0. The Morgan fingerprint density at radius 3 is 2.47 bits per heavy atom. The molecule has 0 unspecified atom stereocenters. The second kappa shape index (κ2) is 6.50. The fourth-order valence-corrected chi connectivity index (χ4v) is 2.88. The van der Waals surface area contributed by atoms with Gasteiger partial charge in [-0.25, -0.2) is 8.78 Å². The maximum atomic E-state index is 13.5.